The largest absolute Gasteiger partial charge is 0.305 e. The molecule has 0 unspecified atom stereocenters. The summed E-state index contributed by atoms with van der Waals surface area (Å²) in [5.41, 5.74) is 0.392. The van der Waals surface area contributed by atoms with Crippen molar-refractivity contribution in [3.05, 3.63) is 31.0 Å². The molecule has 0 N–H and O–H groups in total. The summed E-state index contributed by atoms with van der Waals surface area (Å²) in [6.07, 6.45) is 0. The van der Waals surface area contributed by atoms with Crippen molar-refractivity contribution in [2.75, 3.05) is 0 Å². The van der Waals surface area contributed by atoms with E-state index in [-0.39, 0.29) is 15.7 Å². The Morgan fingerprint density at radius 2 is 1.93 bits per heavy atom. The van der Waals surface area contributed by atoms with E-state index < -0.39 is 4.92 Å². The second-order valence-corrected chi connectivity index (χ2v) is 5.70. The lowest BCUT2D eigenvalue weighted by Gasteiger charge is -2.19. The van der Waals surface area contributed by atoms with Crippen molar-refractivity contribution >= 4 is 37.5 Å². The lowest BCUT2D eigenvalue weighted by atomic mass is 9.87. The van der Waals surface area contributed by atoms with Crippen molar-refractivity contribution in [2.24, 2.45) is 0 Å². The predicted octanol–water partition coefficient (Wildman–Crippen LogP) is 3.81. The summed E-state index contributed by atoms with van der Waals surface area (Å²) in [6, 6.07) is 1.68. The van der Waals surface area contributed by atoms with Gasteiger partial charge >= 0.3 is 5.69 Å². The van der Waals surface area contributed by atoms with Gasteiger partial charge in [0.25, 0.3) is 0 Å². The minimum absolute atomic E-state index is 0.0331. The van der Waals surface area contributed by atoms with Gasteiger partial charge in [0.15, 0.2) is 4.60 Å². The molecule has 0 fully saturated rings. The molecule has 1 rings (SSSR count). The average molecular weight is 338 g/mol. The molecule has 0 bridgehead atoms. The number of nitrogens with zero attached hydrogens (tertiary/aromatic N) is 2. The number of hydrogen-bond donors (Lipinski definition) is 0. The number of aromatic nitrogens is 1. The molecule has 0 aliphatic carbocycles. The highest BCUT2D eigenvalue weighted by molar-refractivity contribution is 9.11. The van der Waals surface area contributed by atoms with E-state index >= 15 is 0 Å². The number of nitro groups is 1. The number of rotatable bonds is 1. The zero-order chi connectivity index (χ0) is 11.8. The van der Waals surface area contributed by atoms with Crippen molar-refractivity contribution in [3.63, 3.8) is 0 Å². The van der Waals surface area contributed by atoms with Gasteiger partial charge in [-0.25, -0.2) is 4.98 Å². The smallest absolute Gasteiger partial charge is 0.258 e. The first-order chi connectivity index (χ1) is 6.73. The molecule has 0 aromatic carbocycles. The van der Waals surface area contributed by atoms with Crippen LogP contribution in [0.1, 0.15) is 26.3 Å². The Balaban J connectivity index is 3.54. The Kier molecular flexibility index (Phi) is 3.50. The van der Waals surface area contributed by atoms with Crippen molar-refractivity contribution in [3.8, 4) is 0 Å². The van der Waals surface area contributed by atoms with Crippen LogP contribution in [0.25, 0.3) is 0 Å². The van der Waals surface area contributed by atoms with E-state index in [2.05, 4.69) is 36.8 Å². The van der Waals surface area contributed by atoms with Crippen LogP contribution in [-0.4, -0.2) is 9.91 Å². The lowest BCUT2D eigenvalue weighted by molar-refractivity contribution is -0.387. The zero-order valence-electron chi connectivity index (χ0n) is 8.54. The van der Waals surface area contributed by atoms with Crippen LogP contribution in [0, 0.1) is 10.1 Å². The van der Waals surface area contributed by atoms with E-state index in [0.29, 0.717) is 10.2 Å². The predicted molar refractivity (Wildman–Crippen MR) is 65.0 cm³/mol. The summed E-state index contributed by atoms with van der Waals surface area (Å²) >= 11 is 6.33. The highest BCUT2D eigenvalue weighted by Crippen LogP contribution is 2.37. The minimum atomic E-state index is -0.413. The molecule has 1 aromatic heterocycles. The Morgan fingerprint density at radius 3 is 2.33 bits per heavy atom. The maximum atomic E-state index is 10.9. The molecule has 82 valence electrons. The molecular formula is C9H10Br2N2O2. The topological polar surface area (TPSA) is 56.0 Å². The third-order valence-electron chi connectivity index (χ3n) is 1.91. The standard InChI is InChI=1S/C9H10Br2N2O2/c1-9(2,3)5-4-6(10)12-8(11)7(5)13(14)15/h4H,1-3H3. The molecule has 0 amide bonds. The molecule has 0 saturated heterocycles. The van der Waals surface area contributed by atoms with Gasteiger partial charge in [-0.15, -0.1) is 0 Å². The Hall–Kier alpha value is -0.490. The minimum Gasteiger partial charge on any atom is -0.258 e. The number of hydrogen-bond acceptors (Lipinski definition) is 3. The summed E-state index contributed by atoms with van der Waals surface area (Å²) in [5.74, 6) is 0. The maximum Gasteiger partial charge on any atom is 0.305 e. The van der Waals surface area contributed by atoms with Crippen molar-refractivity contribution in [1.29, 1.82) is 0 Å². The van der Waals surface area contributed by atoms with Crippen molar-refractivity contribution in [2.45, 2.75) is 26.2 Å². The fourth-order valence-corrected chi connectivity index (χ4v) is 2.42. The SMILES string of the molecule is CC(C)(C)c1cc(Br)nc(Br)c1[N+](=O)[O-]. The Labute approximate surface area is 104 Å². The highest BCUT2D eigenvalue weighted by atomic mass is 79.9. The molecule has 0 radical (unpaired) electrons. The summed E-state index contributed by atoms with van der Waals surface area (Å²) < 4.78 is 0.844. The molecule has 1 heterocycles. The molecular weight excluding hydrogens is 328 g/mol. The normalized spacial score (nSPS) is 11.5. The quantitative estimate of drug-likeness (QED) is 0.444. The average Bonchev–Trinajstić information content (AvgIpc) is 1.99. The molecule has 0 spiro atoms. The van der Waals surface area contributed by atoms with Crippen LogP contribution in [0.2, 0.25) is 0 Å². The molecule has 0 aliphatic heterocycles. The number of pyridine rings is 1. The first kappa shape index (κ1) is 12.6. The summed E-state index contributed by atoms with van der Waals surface area (Å²) in [5, 5.41) is 10.9. The van der Waals surface area contributed by atoms with Crippen LogP contribution in [0.15, 0.2) is 15.3 Å². The second kappa shape index (κ2) is 4.17. The van der Waals surface area contributed by atoms with Crippen molar-refractivity contribution in [1.82, 2.24) is 4.98 Å². The van der Waals surface area contributed by atoms with Crippen LogP contribution in [0.3, 0.4) is 0 Å². The van der Waals surface area contributed by atoms with Crippen LogP contribution >= 0.6 is 31.9 Å². The van der Waals surface area contributed by atoms with Gasteiger partial charge in [0.05, 0.1) is 4.92 Å². The van der Waals surface area contributed by atoms with E-state index in [1.54, 1.807) is 6.07 Å². The van der Waals surface area contributed by atoms with E-state index in [1.165, 1.54) is 0 Å². The lowest BCUT2D eigenvalue weighted by Crippen LogP contribution is -2.14. The molecule has 0 atom stereocenters. The molecule has 6 heteroatoms. The van der Waals surface area contributed by atoms with Crippen LogP contribution in [0.5, 0.6) is 0 Å². The van der Waals surface area contributed by atoms with Gasteiger partial charge in [0.1, 0.15) is 4.60 Å². The third kappa shape index (κ3) is 2.75. The first-order valence-corrected chi connectivity index (χ1v) is 5.83. The van der Waals surface area contributed by atoms with E-state index in [4.69, 9.17) is 0 Å². The van der Waals surface area contributed by atoms with Gasteiger partial charge in [0, 0.05) is 5.56 Å². The molecule has 1 aromatic rings. The molecule has 0 aliphatic rings. The van der Waals surface area contributed by atoms with Gasteiger partial charge in [0.2, 0.25) is 0 Å². The first-order valence-electron chi connectivity index (χ1n) is 4.24. The van der Waals surface area contributed by atoms with E-state index in [0.717, 1.165) is 0 Å². The van der Waals surface area contributed by atoms with Gasteiger partial charge in [-0.2, -0.15) is 0 Å². The monoisotopic (exact) mass is 336 g/mol. The zero-order valence-corrected chi connectivity index (χ0v) is 11.7. The van der Waals surface area contributed by atoms with Crippen LogP contribution in [0.4, 0.5) is 5.69 Å². The fraction of sp³-hybridized carbons (Fsp3) is 0.444. The van der Waals surface area contributed by atoms with Gasteiger partial charge < -0.3 is 0 Å². The molecule has 15 heavy (non-hydrogen) atoms. The molecule has 4 nitrogen and oxygen atoms in total. The Morgan fingerprint density at radius 1 is 1.40 bits per heavy atom. The molecule has 0 saturated carbocycles. The van der Waals surface area contributed by atoms with E-state index in [1.807, 2.05) is 20.8 Å². The van der Waals surface area contributed by atoms with Crippen LogP contribution in [-0.2, 0) is 5.41 Å². The van der Waals surface area contributed by atoms with Crippen LogP contribution < -0.4 is 0 Å². The van der Waals surface area contributed by atoms with Gasteiger partial charge in [-0.1, -0.05) is 20.8 Å². The highest BCUT2D eigenvalue weighted by Gasteiger charge is 2.28. The third-order valence-corrected chi connectivity index (χ3v) is 2.87. The maximum absolute atomic E-state index is 10.9. The van der Waals surface area contributed by atoms with Gasteiger partial charge in [-0.3, -0.25) is 10.1 Å². The fourth-order valence-electron chi connectivity index (χ4n) is 1.22. The number of halogens is 2. The summed E-state index contributed by atoms with van der Waals surface area (Å²) in [6.45, 7) is 5.77. The van der Waals surface area contributed by atoms with Crippen molar-refractivity contribution < 1.29 is 4.92 Å². The Bertz CT molecular complexity index is 413. The van der Waals surface area contributed by atoms with E-state index in [9.17, 15) is 10.1 Å². The summed E-state index contributed by atoms with van der Waals surface area (Å²) in [4.78, 5) is 14.5. The second-order valence-electron chi connectivity index (χ2n) is 4.14. The summed E-state index contributed by atoms with van der Waals surface area (Å²) in [7, 11) is 0. The van der Waals surface area contributed by atoms with Gasteiger partial charge in [-0.05, 0) is 43.3 Å².